The lowest BCUT2D eigenvalue weighted by molar-refractivity contribution is -0.129. The first-order chi connectivity index (χ1) is 16.1. The fourth-order valence-electron chi connectivity index (χ4n) is 4.01. The monoisotopic (exact) mass is 461 g/mol. The summed E-state index contributed by atoms with van der Waals surface area (Å²) in [7, 11) is 0. The summed E-state index contributed by atoms with van der Waals surface area (Å²) in [5, 5.41) is 14.1. The molecular formula is C24H23N5O3S. The zero-order valence-electron chi connectivity index (χ0n) is 18.2. The quantitative estimate of drug-likeness (QED) is 0.405. The molecule has 0 spiro atoms. The van der Waals surface area contributed by atoms with Crippen LogP contribution < -0.4 is 5.56 Å². The number of carbonyl (C=O) groups excluding carboxylic acids is 1. The highest BCUT2D eigenvalue weighted by Crippen LogP contribution is 2.29. The molecule has 2 aromatic heterocycles. The van der Waals surface area contributed by atoms with Gasteiger partial charge in [-0.05, 0) is 31.4 Å². The van der Waals surface area contributed by atoms with Gasteiger partial charge in [-0.15, -0.1) is 10.2 Å². The molecule has 0 bridgehead atoms. The van der Waals surface area contributed by atoms with Crippen LogP contribution in [0.4, 0.5) is 0 Å². The SMILES string of the molecule is C[C@@H](Sc1nnc(-c2nn(Cc3ccccc3)c(=O)c3ccccc23)o1)C(=O)N1CCCC1. The van der Waals surface area contributed by atoms with Gasteiger partial charge in [0.05, 0.1) is 17.2 Å². The van der Waals surface area contributed by atoms with E-state index in [-0.39, 0.29) is 22.6 Å². The van der Waals surface area contributed by atoms with E-state index in [1.165, 1.54) is 16.4 Å². The first-order valence-corrected chi connectivity index (χ1v) is 11.8. The molecule has 9 heteroatoms. The third kappa shape index (κ3) is 4.41. The van der Waals surface area contributed by atoms with Crippen molar-refractivity contribution >= 4 is 28.4 Å². The van der Waals surface area contributed by atoms with Crippen LogP contribution in [0.5, 0.6) is 0 Å². The topological polar surface area (TPSA) is 94.1 Å². The van der Waals surface area contributed by atoms with E-state index in [0.717, 1.165) is 31.5 Å². The maximum atomic E-state index is 13.1. The first kappa shape index (κ1) is 21.4. The number of rotatable bonds is 6. The van der Waals surface area contributed by atoms with Gasteiger partial charge in [0, 0.05) is 18.5 Å². The second-order valence-corrected chi connectivity index (χ2v) is 9.30. The van der Waals surface area contributed by atoms with Crippen LogP contribution in [0.25, 0.3) is 22.4 Å². The van der Waals surface area contributed by atoms with Crippen molar-refractivity contribution in [2.24, 2.45) is 0 Å². The summed E-state index contributed by atoms with van der Waals surface area (Å²) < 4.78 is 7.32. The molecular weight excluding hydrogens is 438 g/mol. The van der Waals surface area contributed by atoms with Crippen LogP contribution in [0.2, 0.25) is 0 Å². The molecule has 3 heterocycles. The number of hydrogen-bond donors (Lipinski definition) is 0. The summed E-state index contributed by atoms with van der Waals surface area (Å²) in [5.41, 5.74) is 1.22. The second-order valence-electron chi connectivity index (χ2n) is 8.01. The predicted octanol–water partition coefficient (Wildman–Crippen LogP) is 3.60. The molecule has 2 aromatic carbocycles. The fraction of sp³-hybridized carbons (Fsp3) is 0.292. The molecule has 4 aromatic rings. The standard InChI is InChI=1S/C24H23N5O3S/c1-16(22(30)28-13-7-8-14-28)33-24-26-25-21(32-24)20-18-11-5-6-12-19(18)23(31)29(27-20)15-17-9-3-2-4-10-17/h2-6,9-12,16H,7-8,13-15H2,1H3/t16-/m1/s1. The predicted molar refractivity (Wildman–Crippen MR) is 126 cm³/mol. The highest BCUT2D eigenvalue weighted by molar-refractivity contribution is 8.00. The van der Waals surface area contributed by atoms with E-state index in [4.69, 9.17) is 4.42 Å². The molecule has 1 aliphatic heterocycles. The lowest BCUT2D eigenvalue weighted by Gasteiger charge is -2.18. The minimum Gasteiger partial charge on any atom is -0.409 e. The van der Waals surface area contributed by atoms with Gasteiger partial charge < -0.3 is 9.32 Å². The summed E-state index contributed by atoms with van der Waals surface area (Å²) in [5.74, 6) is 0.300. The van der Waals surface area contributed by atoms with Gasteiger partial charge in [0.2, 0.25) is 5.91 Å². The lowest BCUT2D eigenvalue weighted by Crippen LogP contribution is -2.34. The minimum atomic E-state index is -0.326. The molecule has 0 unspecified atom stereocenters. The molecule has 0 aliphatic carbocycles. The first-order valence-electron chi connectivity index (χ1n) is 10.9. The average Bonchev–Trinajstić information content (AvgIpc) is 3.54. The largest absolute Gasteiger partial charge is 0.409 e. The molecule has 168 valence electrons. The van der Waals surface area contributed by atoms with Crippen LogP contribution in [-0.2, 0) is 11.3 Å². The minimum absolute atomic E-state index is 0.0808. The second kappa shape index (κ2) is 9.19. The van der Waals surface area contributed by atoms with Crippen LogP contribution >= 0.6 is 11.8 Å². The molecule has 1 fully saturated rings. The van der Waals surface area contributed by atoms with E-state index < -0.39 is 0 Å². The van der Waals surface area contributed by atoms with E-state index in [1.807, 2.05) is 60.4 Å². The summed E-state index contributed by atoms with van der Waals surface area (Å²) in [6.45, 7) is 3.78. The van der Waals surface area contributed by atoms with Gasteiger partial charge in [0.25, 0.3) is 16.7 Å². The number of nitrogens with zero attached hydrogens (tertiary/aromatic N) is 5. The van der Waals surface area contributed by atoms with Gasteiger partial charge in [-0.2, -0.15) is 5.10 Å². The van der Waals surface area contributed by atoms with E-state index in [2.05, 4.69) is 15.3 Å². The van der Waals surface area contributed by atoms with Gasteiger partial charge in [-0.3, -0.25) is 9.59 Å². The van der Waals surface area contributed by atoms with Gasteiger partial charge in [-0.1, -0.05) is 60.3 Å². The number of hydrogen-bond acceptors (Lipinski definition) is 7. The Morgan fingerprint density at radius 2 is 1.73 bits per heavy atom. The van der Waals surface area contributed by atoms with E-state index >= 15 is 0 Å². The Labute approximate surface area is 194 Å². The Morgan fingerprint density at radius 1 is 1.03 bits per heavy atom. The smallest absolute Gasteiger partial charge is 0.277 e. The number of carbonyl (C=O) groups is 1. The van der Waals surface area contributed by atoms with E-state index in [1.54, 1.807) is 6.07 Å². The van der Waals surface area contributed by atoms with Crippen molar-refractivity contribution < 1.29 is 9.21 Å². The zero-order valence-corrected chi connectivity index (χ0v) is 19.0. The van der Waals surface area contributed by atoms with Gasteiger partial charge >= 0.3 is 0 Å². The molecule has 1 aliphatic rings. The van der Waals surface area contributed by atoms with Crippen molar-refractivity contribution in [3.63, 3.8) is 0 Å². The van der Waals surface area contributed by atoms with Crippen molar-refractivity contribution in [2.75, 3.05) is 13.1 Å². The Balaban J connectivity index is 1.47. The molecule has 0 N–H and O–H groups in total. The van der Waals surface area contributed by atoms with Crippen molar-refractivity contribution in [3.8, 4) is 11.6 Å². The van der Waals surface area contributed by atoms with Crippen LogP contribution in [0, 0.1) is 0 Å². The fourth-order valence-corrected chi connectivity index (χ4v) is 4.77. The van der Waals surface area contributed by atoms with Crippen LogP contribution in [0.3, 0.4) is 0 Å². The van der Waals surface area contributed by atoms with Gasteiger partial charge in [-0.25, -0.2) is 4.68 Å². The molecule has 33 heavy (non-hydrogen) atoms. The Bertz CT molecular complexity index is 1350. The number of amides is 1. The third-order valence-corrected chi connectivity index (χ3v) is 6.62. The molecule has 5 rings (SSSR count). The highest BCUT2D eigenvalue weighted by atomic mass is 32.2. The Hall–Kier alpha value is -3.46. The molecule has 0 saturated carbocycles. The summed E-state index contributed by atoms with van der Waals surface area (Å²) in [4.78, 5) is 27.6. The summed E-state index contributed by atoms with van der Waals surface area (Å²) >= 11 is 1.24. The van der Waals surface area contributed by atoms with Gasteiger partial charge in [0.1, 0.15) is 0 Å². The highest BCUT2D eigenvalue weighted by Gasteiger charge is 2.26. The van der Waals surface area contributed by atoms with Crippen LogP contribution in [0.1, 0.15) is 25.3 Å². The summed E-state index contributed by atoms with van der Waals surface area (Å²) in [6.07, 6.45) is 2.09. The van der Waals surface area contributed by atoms with Crippen molar-refractivity contribution in [2.45, 2.75) is 36.8 Å². The maximum Gasteiger partial charge on any atom is 0.277 e. The molecule has 0 radical (unpaired) electrons. The number of benzene rings is 2. The molecule has 1 amide bonds. The molecule has 8 nitrogen and oxygen atoms in total. The Morgan fingerprint density at radius 3 is 2.48 bits per heavy atom. The lowest BCUT2D eigenvalue weighted by atomic mass is 10.1. The maximum absolute atomic E-state index is 13.1. The van der Waals surface area contributed by atoms with E-state index in [0.29, 0.717) is 28.2 Å². The Kier molecular flexibility index (Phi) is 5.95. The summed E-state index contributed by atoms with van der Waals surface area (Å²) in [6, 6.07) is 16.9. The van der Waals surface area contributed by atoms with Crippen LogP contribution in [-0.4, -0.2) is 49.1 Å². The third-order valence-electron chi connectivity index (χ3n) is 5.70. The van der Waals surface area contributed by atoms with Crippen LogP contribution in [0.15, 0.2) is 69.0 Å². The normalized spacial score (nSPS) is 14.6. The number of thioether (sulfide) groups is 1. The number of fused-ring (bicyclic) bond motifs is 1. The number of aromatic nitrogens is 4. The van der Waals surface area contributed by atoms with Gasteiger partial charge in [0.15, 0.2) is 5.69 Å². The zero-order chi connectivity index (χ0) is 22.8. The average molecular weight is 462 g/mol. The molecule has 1 atom stereocenters. The van der Waals surface area contributed by atoms with Crippen molar-refractivity contribution in [1.82, 2.24) is 24.9 Å². The molecule has 1 saturated heterocycles. The van der Waals surface area contributed by atoms with E-state index in [9.17, 15) is 9.59 Å². The van der Waals surface area contributed by atoms with Crippen molar-refractivity contribution in [1.29, 1.82) is 0 Å². The van der Waals surface area contributed by atoms with Crippen molar-refractivity contribution in [3.05, 3.63) is 70.5 Å². The number of likely N-dealkylation sites (tertiary alicyclic amines) is 1.